The molecule has 0 fully saturated rings. The van der Waals surface area contributed by atoms with Crippen LogP contribution in [-0.2, 0) is 33.3 Å². The van der Waals surface area contributed by atoms with Crippen LogP contribution in [0.25, 0.3) is 0 Å². The minimum Gasteiger partial charge on any atom is -0.545 e. The highest BCUT2D eigenvalue weighted by Crippen LogP contribution is 2.16. The molecule has 0 aromatic heterocycles. The van der Waals surface area contributed by atoms with Crippen molar-refractivity contribution in [2.24, 2.45) is 0 Å². The van der Waals surface area contributed by atoms with E-state index in [1.54, 1.807) is 0 Å². The number of ether oxygens (including phenoxy) is 4. The normalized spacial score (nSPS) is 13.5. The number of nitrogens with zero attached hydrogens (tertiary/aromatic N) is 1. The third-order valence-electron chi connectivity index (χ3n) is 14.2. The monoisotopic (exact) mass is 1160 g/mol. The predicted molar refractivity (Wildman–Crippen MR) is 352 cm³/mol. The Balaban J connectivity index is 4.23. The molecule has 0 saturated heterocycles. The van der Waals surface area contributed by atoms with Crippen molar-refractivity contribution >= 4 is 17.9 Å². The van der Waals surface area contributed by atoms with Crippen LogP contribution in [0.2, 0.25) is 0 Å². The summed E-state index contributed by atoms with van der Waals surface area (Å²) in [6.45, 7) is 4.60. The highest BCUT2D eigenvalue weighted by atomic mass is 16.7. The number of carbonyl (C=O) groups excluding carboxylic acids is 3. The van der Waals surface area contributed by atoms with Crippen molar-refractivity contribution in [1.29, 1.82) is 0 Å². The predicted octanol–water partition coefficient (Wildman–Crippen LogP) is 19.5. The van der Waals surface area contributed by atoms with Crippen molar-refractivity contribution in [2.45, 2.75) is 283 Å². The molecule has 0 aliphatic rings. The fraction of sp³-hybridized carbons (Fsp3) is 0.689. The molecule has 2 atom stereocenters. The molecule has 0 rings (SSSR count). The minimum atomic E-state index is -1.64. The first kappa shape index (κ1) is 78.7. The number of unbranched alkanes of at least 4 members (excludes halogenated alkanes) is 26. The SMILES string of the molecule is CC/C=C\C/C=C\C/C=C\C/C=C\C/C=C\C/C=C\C/C=C\C/C=C\CCCCCCC(=O)OC(COC(=O)CCCCCCCCCCCCCCCCCCC/C=C\C/C=C\CCCCCCC)COC(OCC[N+](C)(C)C)C(=O)[O-]. The number of likely N-dealkylation sites (N-methyl/N-ethyl adjacent to an activating group) is 1. The van der Waals surface area contributed by atoms with E-state index in [1.165, 1.54) is 135 Å². The van der Waals surface area contributed by atoms with E-state index in [9.17, 15) is 19.5 Å². The summed E-state index contributed by atoms with van der Waals surface area (Å²) in [6.07, 6.45) is 87.0. The number of carboxylic acid groups (broad SMARTS) is 1. The third-order valence-corrected chi connectivity index (χ3v) is 14.2. The van der Waals surface area contributed by atoms with E-state index >= 15 is 0 Å². The van der Waals surface area contributed by atoms with Crippen molar-refractivity contribution in [1.82, 2.24) is 0 Å². The van der Waals surface area contributed by atoms with Crippen molar-refractivity contribution < 1.29 is 42.9 Å². The van der Waals surface area contributed by atoms with Gasteiger partial charge < -0.3 is 33.3 Å². The van der Waals surface area contributed by atoms with Crippen LogP contribution in [0.15, 0.2) is 122 Å². The molecule has 2 unspecified atom stereocenters. The van der Waals surface area contributed by atoms with Gasteiger partial charge in [0, 0.05) is 12.8 Å². The summed E-state index contributed by atoms with van der Waals surface area (Å²) in [5, 5.41) is 11.8. The average Bonchev–Trinajstić information content (AvgIpc) is 3.46. The fourth-order valence-electron chi connectivity index (χ4n) is 9.05. The van der Waals surface area contributed by atoms with Crippen molar-refractivity contribution in [3.05, 3.63) is 122 Å². The van der Waals surface area contributed by atoms with Gasteiger partial charge in [0.25, 0.3) is 0 Å². The Morgan fingerprint density at radius 1 is 0.373 bits per heavy atom. The van der Waals surface area contributed by atoms with Gasteiger partial charge in [-0.1, -0.05) is 270 Å². The molecule has 0 aromatic carbocycles. The van der Waals surface area contributed by atoms with E-state index in [2.05, 4.69) is 135 Å². The summed E-state index contributed by atoms with van der Waals surface area (Å²) >= 11 is 0. The molecule has 83 heavy (non-hydrogen) atoms. The van der Waals surface area contributed by atoms with E-state index in [0.717, 1.165) is 103 Å². The van der Waals surface area contributed by atoms with Crippen LogP contribution in [-0.4, -0.2) is 82.3 Å². The lowest BCUT2D eigenvalue weighted by molar-refractivity contribution is -0.870. The quantitative estimate of drug-likeness (QED) is 0.0195. The van der Waals surface area contributed by atoms with E-state index in [-0.39, 0.29) is 38.6 Å². The highest BCUT2D eigenvalue weighted by molar-refractivity contribution is 5.70. The number of hydrogen-bond donors (Lipinski definition) is 0. The Hall–Kier alpha value is -4.31. The van der Waals surface area contributed by atoms with Gasteiger partial charge >= 0.3 is 11.9 Å². The number of quaternary nitrogens is 1. The summed E-state index contributed by atoms with van der Waals surface area (Å²) in [5.74, 6) is -2.32. The number of carboxylic acids is 1. The lowest BCUT2D eigenvalue weighted by Crippen LogP contribution is -2.44. The molecular weight excluding hydrogens is 1030 g/mol. The number of hydrogen-bond acceptors (Lipinski definition) is 8. The van der Waals surface area contributed by atoms with E-state index in [4.69, 9.17) is 18.9 Å². The number of esters is 2. The lowest BCUT2D eigenvalue weighted by atomic mass is 10.0. The second-order valence-corrected chi connectivity index (χ2v) is 23.4. The second kappa shape index (κ2) is 63.7. The highest BCUT2D eigenvalue weighted by Gasteiger charge is 2.22. The van der Waals surface area contributed by atoms with Crippen LogP contribution in [0.1, 0.15) is 271 Å². The maximum Gasteiger partial charge on any atom is 0.306 e. The second-order valence-electron chi connectivity index (χ2n) is 23.4. The summed E-state index contributed by atoms with van der Waals surface area (Å²) in [6, 6.07) is 0. The van der Waals surface area contributed by atoms with Gasteiger partial charge in [-0.15, -0.1) is 0 Å². The van der Waals surface area contributed by atoms with Crippen molar-refractivity contribution in [2.75, 3.05) is 47.5 Å². The summed E-state index contributed by atoms with van der Waals surface area (Å²) in [4.78, 5) is 37.5. The van der Waals surface area contributed by atoms with Gasteiger partial charge in [0.2, 0.25) is 0 Å². The molecule has 0 saturated carbocycles. The smallest absolute Gasteiger partial charge is 0.306 e. The molecule has 474 valence electrons. The van der Waals surface area contributed by atoms with E-state index in [0.29, 0.717) is 17.4 Å². The number of allylic oxidation sites excluding steroid dienone is 20. The molecule has 0 radical (unpaired) electrons. The van der Waals surface area contributed by atoms with Gasteiger partial charge in [-0.3, -0.25) is 9.59 Å². The van der Waals surface area contributed by atoms with Crippen LogP contribution in [0, 0.1) is 0 Å². The van der Waals surface area contributed by atoms with Crippen LogP contribution in [0.4, 0.5) is 0 Å². The zero-order valence-electron chi connectivity index (χ0n) is 54.0. The Bertz CT molecular complexity index is 1780. The fourth-order valence-corrected chi connectivity index (χ4v) is 9.05. The summed E-state index contributed by atoms with van der Waals surface area (Å²) in [7, 11) is 5.91. The standard InChI is InChI=1S/C74H125NO8/c1-6-8-10-12-14-16-18-20-22-24-26-28-30-32-34-36-38-40-42-44-46-48-50-52-54-56-58-60-62-64-71(76)81-68-70(69-82-74(73(78)79)80-67-66-75(3,4)5)83-72(77)65-63-61-59-57-55-53-51-49-47-45-43-41-39-37-35-33-31-29-27-25-23-21-19-17-15-13-11-9-7-2/h9,11,15,17-18,20-21,23-24,26-27,29,33,35,39,41,45,47,51,53,70,74H,6-8,10,12-14,16,19,22,25,28,30-32,34,36-38,40,42-44,46,48-50,52,54-69H2,1-5H3/b11-9-,17-15-,20-18-,23-21-,26-24-,29-27-,35-33-,41-39-,47-45-,53-51-. The minimum absolute atomic E-state index is 0.137. The molecule has 0 aliphatic heterocycles. The number of carbonyl (C=O) groups is 3. The van der Waals surface area contributed by atoms with Gasteiger partial charge in [0.05, 0.1) is 40.3 Å². The average molecular weight is 1160 g/mol. The topological polar surface area (TPSA) is 111 Å². The largest absolute Gasteiger partial charge is 0.545 e. The summed E-state index contributed by atoms with van der Waals surface area (Å²) < 4.78 is 22.7. The van der Waals surface area contributed by atoms with Crippen molar-refractivity contribution in [3.8, 4) is 0 Å². The van der Waals surface area contributed by atoms with E-state index in [1.807, 2.05) is 21.1 Å². The maximum absolute atomic E-state index is 12.9. The van der Waals surface area contributed by atoms with Crippen molar-refractivity contribution in [3.63, 3.8) is 0 Å². The molecule has 9 heteroatoms. The van der Waals surface area contributed by atoms with Crippen LogP contribution in [0.3, 0.4) is 0 Å². The molecular formula is C74H125NO8. The van der Waals surface area contributed by atoms with Gasteiger partial charge in [-0.05, 0) is 109 Å². The van der Waals surface area contributed by atoms with Crippen LogP contribution < -0.4 is 5.11 Å². The van der Waals surface area contributed by atoms with E-state index < -0.39 is 24.3 Å². The number of aliphatic carboxylic acids is 1. The maximum atomic E-state index is 12.9. The molecule has 0 aliphatic carbocycles. The van der Waals surface area contributed by atoms with Crippen LogP contribution in [0.5, 0.6) is 0 Å². The molecule has 9 nitrogen and oxygen atoms in total. The Kier molecular flexibility index (Phi) is 60.4. The summed E-state index contributed by atoms with van der Waals surface area (Å²) in [5.41, 5.74) is 0. The first-order chi connectivity index (χ1) is 40.6. The Morgan fingerprint density at radius 3 is 1.02 bits per heavy atom. The van der Waals surface area contributed by atoms with Gasteiger partial charge in [-0.25, -0.2) is 0 Å². The van der Waals surface area contributed by atoms with Gasteiger partial charge in [0.1, 0.15) is 13.2 Å². The molecule has 0 spiro atoms. The Labute approximate surface area is 510 Å². The molecule has 0 heterocycles. The lowest BCUT2D eigenvalue weighted by Gasteiger charge is -2.26. The third kappa shape index (κ3) is 65.1. The first-order valence-corrected chi connectivity index (χ1v) is 33.7. The zero-order chi connectivity index (χ0) is 60.5. The zero-order valence-corrected chi connectivity index (χ0v) is 54.0. The molecule has 0 N–H and O–H groups in total. The molecule has 0 aromatic rings. The number of rotatable bonds is 61. The van der Waals surface area contributed by atoms with Gasteiger partial charge in [0.15, 0.2) is 12.4 Å². The van der Waals surface area contributed by atoms with Crippen LogP contribution >= 0.6 is 0 Å². The van der Waals surface area contributed by atoms with Gasteiger partial charge in [-0.2, -0.15) is 0 Å². The Morgan fingerprint density at radius 2 is 0.687 bits per heavy atom. The molecule has 0 bridgehead atoms. The molecule has 0 amide bonds. The first-order valence-electron chi connectivity index (χ1n) is 33.7.